The maximum atomic E-state index is 11.4. The summed E-state index contributed by atoms with van der Waals surface area (Å²) in [5.41, 5.74) is -0.510. The molecule has 0 spiro atoms. The SMILES string of the molecule is COCC(C)(C)NC(=O)NCCC(O)C(=O)O. The van der Waals surface area contributed by atoms with Crippen LogP contribution in [0.3, 0.4) is 0 Å². The van der Waals surface area contributed by atoms with Crippen molar-refractivity contribution in [3.63, 3.8) is 0 Å². The van der Waals surface area contributed by atoms with E-state index in [4.69, 9.17) is 14.9 Å². The molecule has 0 aliphatic carbocycles. The molecule has 0 aromatic carbocycles. The van der Waals surface area contributed by atoms with Crippen molar-refractivity contribution in [1.29, 1.82) is 0 Å². The summed E-state index contributed by atoms with van der Waals surface area (Å²) >= 11 is 0. The number of amides is 2. The molecule has 4 N–H and O–H groups in total. The number of urea groups is 1. The Labute approximate surface area is 100 Å². The van der Waals surface area contributed by atoms with E-state index in [9.17, 15) is 9.59 Å². The number of ether oxygens (including phenoxy) is 1. The molecule has 7 nitrogen and oxygen atoms in total. The van der Waals surface area contributed by atoms with Gasteiger partial charge in [-0.2, -0.15) is 0 Å². The Bertz CT molecular complexity index is 267. The van der Waals surface area contributed by atoms with Gasteiger partial charge in [-0.3, -0.25) is 0 Å². The van der Waals surface area contributed by atoms with Crippen LogP contribution in [0.1, 0.15) is 20.3 Å². The second-order valence-corrected chi connectivity index (χ2v) is 4.34. The van der Waals surface area contributed by atoms with E-state index in [1.54, 1.807) is 13.8 Å². The number of nitrogens with one attached hydrogen (secondary N) is 2. The quantitative estimate of drug-likeness (QED) is 0.488. The number of hydrogen-bond acceptors (Lipinski definition) is 4. The van der Waals surface area contributed by atoms with Gasteiger partial charge >= 0.3 is 12.0 Å². The van der Waals surface area contributed by atoms with Gasteiger partial charge < -0.3 is 25.6 Å². The maximum absolute atomic E-state index is 11.4. The standard InChI is InChI=1S/C10H20N2O5/c1-10(2,6-17-3)12-9(16)11-5-4-7(13)8(14)15/h7,13H,4-6H2,1-3H3,(H,14,15)(H2,11,12,16). The second-order valence-electron chi connectivity index (χ2n) is 4.34. The van der Waals surface area contributed by atoms with Gasteiger partial charge in [0.2, 0.25) is 0 Å². The van der Waals surface area contributed by atoms with Crippen LogP contribution < -0.4 is 10.6 Å². The van der Waals surface area contributed by atoms with Gasteiger partial charge in [-0.1, -0.05) is 0 Å². The Hall–Kier alpha value is -1.34. The van der Waals surface area contributed by atoms with Crippen molar-refractivity contribution in [2.45, 2.75) is 31.9 Å². The number of hydrogen-bond donors (Lipinski definition) is 4. The van der Waals surface area contributed by atoms with Gasteiger partial charge in [-0.05, 0) is 13.8 Å². The number of carbonyl (C=O) groups excluding carboxylic acids is 1. The normalized spacial score (nSPS) is 12.9. The zero-order valence-electron chi connectivity index (χ0n) is 10.3. The van der Waals surface area contributed by atoms with Crippen molar-refractivity contribution in [3.8, 4) is 0 Å². The fraction of sp³-hybridized carbons (Fsp3) is 0.800. The molecule has 100 valence electrons. The van der Waals surface area contributed by atoms with Crippen LogP contribution in [0, 0.1) is 0 Å². The van der Waals surface area contributed by atoms with Crippen LogP contribution in [0.15, 0.2) is 0 Å². The lowest BCUT2D eigenvalue weighted by atomic mass is 10.1. The van der Waals surface area contributed by atoms with Crippen LogP contribution in [0.4, 0.5) is 4.79 Å². The Morgan fingerprint density at radius 2 is 2.00 bits per heavy atom. The lowest BCUT2D eigenvalue weighted by Gasteiger charge is -2.25. The van der Waals surface area contributed by atoms with Crippen LogP contribution >= 0.6 is 0 Å². The van der Waals surface area contributed by atoms with Crippen molar-refractivity contribution in [2.75, 3.05) is 20.3 Å². The maximum Gasteiger partial charge on any atom is 0.332 e. The van der Waals surface area contributed by atoms with E-state index >= 15 is 0 Å². The fourth-order valence-corrected chi connectivity index (χ4v) is 1.19. The molecule has 0 bridgehead atoms. The van der Waals surface area contributed by atoms with Crippen molar-refractivity contribution in [2.24, 2.45) is 0 Å². The highest BCUT2D eigenvalue weighted by molar-refractivity contribution is 5.75. The minimum Gasteiger partial charge on any atom is -0.479 e. The van der Waals surface area contributed by atoms with Crippen molar-refractivity contribution in [3.05, 3.63) is 0 Å². The number of aliphatic hydroxyl groups excluding tert-OH is 1. The topological polar surface area (TPSA) is 108 Å². The molecule has 0 fully saturated rings. The summed E-state index contributed by atoms with van der Waals surface area (Å²) in [6.07, 6.45) is -1.49. The lowest BCUT2D eigenvalue weighted by molar-refractivity contribution is -0.146. The number of methoxy groups -OCH3 is 1. The molecule has 0 aliphatic heterocycles. The molecule has 7 heteroatoms. The minimum atomic E-state index is -1.46. The summed E-state index contributed by atoms with van der Waals surface area (Å²) in [7, 11) is 1.53. The molecule has 0 aliphatic rings. The highest BCUT2D eigenvalue weighted by atomic mass is 16.5. The number of carbonyl (C=O) groups is 2. The van der Waals surface area contributed by atoms with Crippen LogP contribution in [-0.2, 0) is 9.53 Å². The van der Waals surface area contributed by atoms with E-state index < -0.39 is 23.6 Å². The third-order valence-electron chi connectivity index (χ3n) is 1.95. The highest BCUT2D eigenvalue weighted by Crippen LogP contribution is 2.01. The number of rotatable bonds is 7. The summed E-state index contributed by atoms with van der Waals surface area (Å²) in [6, 6.07) is -0.426. The largest absolute Gasteiger partial charge is 0.479 e. The van der Waals surface area contributed by atoms with E-state index in [2.05, 4.69) is 10.6 Å². The zero-order valence-corrected chi connectivity index (χ0v) is 10.3. The van der Waals surface area contributed by atoms with Crippen LogP contribution in [0.2, 0.25) is 0 Å². The molecule has 0 saturated heterocycles. The molecule has 2 amide bonds. The molecule has 0 rings (SSSR count). The Kier molecular flexibility index (Phi) is 6.52. The monoisotopic (exact) mass is 248 g/mol. The predicted molar refractivity (Wildman–Crippen MR) is 60.7 cm³/mol. The van der Waals surface area contributed by atoms with Gasteiger partial charge in [-0.15, -0.1) is 0 Å². The Balaban J connectivity index is 3.84. The van der Waals surface area contributed by atoms with E-state index in [1.165, 1.54) is 7.11 Å². The smallest absolute Gasteiger partial charge is 0.332 e. The first kappa shape index (κ1) is 15.7. The molecule has 0 saturated carbocycles. The zero-order chi connectivity index (χ0) is 13.5. The first-order valence-electron chi connectivity index (χ1n) is 5.24. The van der Waals surface area contributed by atoms with Crippen molar-refractivity contribution >= 4 is 12.0 Å². The van der Waals surface area contributed by atoms with Crippen LogP contribution in [0.5, 0.6) is 0 Å². The molecule has 0 heterocycles. The van der Waals surface area contributed by atoms with E-state index in [0.29, 0.717) is 6.61 Å². The van der Waals surface area contributed by atoms with E-state index in [0.717, 1.165) is 0 Å². The molecule has 1 unspecified atom stereocenters. The molecule has 1 atom stereocenters. The van der Waals surface area contributed by atoms with Gasteiger partial charge in [0.15, 0.2) is 6.10 Å². The molecule has 0 aromatic heterocycles. The number of carboxylic acid groups (broad SMARTS) is 1. The lowest BCUT2D eigenvalue weighted by Crippen LogP contribution is -2.51. The molecule has 0 aromatic rings. The average molecular weight is 248 g/mol. The summed E-state index contributed by atoms with van der Waals surface area (Å²) in [5.74, 6) is -1.30. The van der Waals surface area contributed by atoms with Gasteiger partial charge in [-0.25, -0.2) is 9.59 Å². The minimum absolute atomic E-state index is 0.0343. The average Bonchev–Trinajstić information content (AvgIpc) is 2.15. The second kappa shape index (κ2) is 7.08. The Morgan fingerprint density at radius 1 is 1.41 bits per heavy atom. The summed E-state index contributed by atoms with van der Waals surface area (Å²) < 4.78 is 4.92. The predicted octanol–water partition coefficient (Wildman–Crippen LogP) is -0.454. The first-order valence-corrected chi connectivity index (χ1v) is 5.24. The van der Waals surface area contributed by atoms with E-state index in [1.807, 2.05) is 0 Å². The van der Waals surface area contributed by atoms with Crippen LogP contribution in [-0.4, -0.2) is 54.1 Å². The molecule has 17 heavy (non-hydrogen) atoms. The van der Waals surface area contributed by atoms with Crippen molar-refractivity contribution in [1.82, 2.24) is 10.6 Å². The summed E-state index contributed by atoms with van der Waals surface area (Å²) in [4.78, 5) is 21.7. The fourth-order valence-electron chi connectivity index (χ4n) is 1.19. The number of aliphatic carboxylic acids is 1. The van der Waals surface area contributed by atoms with E-state index in [-0.39, 0.29) is 13.0 Å². The Morgan fingerprint density at radius 3 is 2.47 bits per heavy atom. The number of carboxylic acids is 1. The van der Waals surface area contributed by atoms with Gasteiger partial charge in [0.1, 0.15) is 0 Å². The summed E-state index contributed by atoms with van der Waals surface area (Å²) in [6.45, 7) is 4.03. The summed E-state index contributed by atoms with van der Waals surface area (Å²) in [5, 5.41) is 22.5. The third-order valence-corrected chi connectivity index (χ3v) is 1.95. The van der Waals surface area contributed by atoms with Gasteiger partial charge in [0.05, 0.1) is 12.1 Å². The van der Waals surface area contributed by atoms with Gasteiger partial charge in [0, 0.05) is 20.1 Å². The molecular formula is C10H20N2O5. The molecule has 0 radical (unpaired) electrons. The molecular weight excluding hydrogens is 228 g/mol. The first-order chi connectivity index (χ1) is 7.78. The van der Waals surface area contributed by atoms with Crippen LogP contribution in [0.25, 0.3) is 0 Å². The number of aliphatic hydroxyl groups is 1. The van der Waals surface area contributed by atoms with Gasteiger partial charge in [0.25, 0.3) is 0 Å². The van der Waals surface area contributed by atoms with Crippen molar-refractivity contribution < 1.29 is 24.5 Å². The third kappa shape index (κ3) is 7.53. The highest BCUT2D eigenvalue weighted by Gasteiger charge is 2.20.